The highest BCUT2D eigenvalue weighted by atomic mass is 14.9. The molecule has 0 bridgehead atoms. The zero-order valence-corrected chi connectivity index (χ0v) is 8.94. The van der Waals surface area contributed by atoms with Crippen LogP contribution in [0.2, 0.25) is 0 Å². The van der Waals surface area contributed by atoms with Gasteiger partial charge in [-0.2, -0.15) is 0 Å². The molecule has 2 saturated carbocycles. The highest BCUT2D eigenvalue weighted by Gasteiger charge is 2.47. The van der Waals surface area contributed by atoms with Crippen LogP contribution in [0.25, 0.3) is 0 Å². The van der Waals surface area contributed by atoms with Crippen LogP contribution in [0.3, 0.4) is 0 Å². The average molecular weight is 181 g/mol. The lowest BCUT2D eigenvalue weighted by Crippen LogP contribution is -2.27. The molecule has 0 spiro atoms. The van der Waals surface area contributed by atoms with Crippen molar-refractivity contribution in [1.29, 1.82) is 0 Å². The van der Waals surface area contributed by atoms with Gasteiger partial charge in [0, 0.05) is 6.54 Å². The molecule has 1 N–H and O–H groups in total. The van der Waals surface area contributed by atoms with E-state index in [1.165, 1.54) is 57.9 Å². The molecule has 2 rings (SSSR count). The van der Waals surface area contributed by atoms with Crippen molar-refractivity contribution in [2.24, 2.45) is 11.3 Å². The van der Waals surface area contributed by atoms with E-state index < -0.39 is 0 Å². The number of rotatable bonds is 3. The van der Waals surface area contributed by atoms with Gasteiger partial charge < -0.3 is 5.32 Å². The van der Waals surface area contributed by atoms with Gasteiger partial charge >= 0.3 is 0 Å². The second-order valence-corrected chi connectivity index (χ2v) is 5.08. The highest BCUT2D eigenvalue weighted by Crippen LogP contribution is 2.55. The third kappa shape index (κ3) is 2.07. The molecule has 0 heterocycles. The molecule has 0 unspecified atom stereocenters. The van der Waals surface area contributed by atoms with Crippen LogP contribution in [0.4, 0.5) is 0 Å². The van der Waals surface area contributed by atoms with Crippen LogP contribution in [-0.2, 0) is 0 Å². The Kier molecular flexibility index (Phi) is 2.92. The van der Waals surface area contributed by atoms with Crippen LogP contribution in [0.15, 0.2) is 0 Å². The van der Waals surface area contributed by atoms with Gasteiger partial charge in [-0.25, -0.2) is 0 Å². The Morgan fingerprint density at radius 2 is 1.69 bits per heavy atom. The molecule has 1 nitrogen and oxygen atoms in total. The van der Waals surface area contributed by atoms with Gasteiger partial charge in [-0.1, -0.05) is 25.7 Å². The van der Waals surface area contributed by atoms with Crippen molar-refractivity contribution in [2.45, 2.75) is 51.4 Å². The van der Waals surface area contributed by atoms with Gasteiger partial charge in [-0.05, 0) is 44.1 Å². The molecule has 1 heteroatoms. The molecule has 0 saturated heterocycles. The Hall–Kier alpha value is -0.0400. The van der Waals surface area contributed by atoms with Gasteiger partial charge in [0.05, 0.1) is 0 Å². The molecular formula is C12H23N. The van der Waals surface area contributed by atoms with E-state index >= 15 is 0 Å². The maximum absolute atomic E-state index is 3.39. The van der Waals surface area contributed by atoms with E-state index in [4.69, 9.17) is 0 Å². The van der Waals surface area contributed by atoms with Crippen LogP contribution in [0.1, 0.15) is 51.4 Å². The summed E-state index contributed by atoms with van der Waals surface area (Å²) in [5, 5.41) is 3.39. The SMILES string of the molecule is CNCC1(C2CCCCCC2)CC1. The highest BCUT2D eigenvalue weighted by molar-refractivity contribution is 4.99. The van der Waals surface area contributed by atoms with E-state index in [0.29, 0.717) is 0 Å². The van der Waals surface area contributed by atoms with E-state index in [2.05, 4.69) is 12.4 Å². The Bertz CT molecular complexity index is 153. The summed E-state index contributed by atoms with van der Waals surface area (Å²) in [5.41, 5.74) is 0.749. The minimum Gasteiger partial charge on any atom is -0.319 e. The van der Waals surface area contributed by atoms with Gasteiger partial charge in [0.1, 0.15) is 0 Å². The summed E-state index contributed by atoms with van der Waals surface area (Å²) in [7, 11) is 2.11. The Balaban J connectivity index is 1.90. The molecule has 0 atom stereocenters. The number of nitrogens with one attached hydrogen (secondary N) is 1. The van der Waals surface area contributed by atoms with Crippen molar-refractivity contribution >= 4 is 0 Å². The maximum Gasteiger partial charge on any atom is 0.000747 e. The summed E-state index contributed by atoms with van der Waals surface area (Å²) in [6.07, 6.45) is 12.0. The summed E-state index contributed by atoms with van der Waals surface area (Å²) >= 11 is 0. The molecule has 0 aromatic heterocycles. The topological polar surface area (TPSA) is 12.0 Å². The fourth-order valence-corrected chi connectivity index (χ4v) is 3.13. The van der Waals surface area contributed by atoms with Crippen molar-refractivity contribution in [3.05, 3.63) is 0 Å². The zero-order chi connectivity index (χ0) is 9.15. The first-order valence-electron chi connectivity index (χ1n) is 6.02. The largest absolute Gasteiger partial charge is 0.319 e. The molecule has 0 amide bonds. The van der Waals surface area contributed by atoms with Crippen molar-refractivity contribution in [3.8, 4) is 0 Å². The molecule has 2 fully saturated rings. The third-order valence-corrected chi connectivity index (χ3v) is 4.14. The lowest BCUT2D eigenvalue weighted by atomic mass is 9.83. The van der Waals surface area contributed by atoms with Gasteiger partial charge in [-0.15, -0.1) is 0 Å². The fourth-order valence-electron chi connectivity index (χ4n) is 3.13. The minimum absolute atomic E-state index is 0.749. The van der Waals surface area contributed by atoms with Gasteiger partial charge in [0.15, 0.2) is 0 Å². The second kappa shape index (κ2) is 4.00. The van der Waals surface area contributed by atoms with Crippen LogP contribution in [0.5, 0.6) is 0 Å². The van der Waals surface area contributed by atoms with Crippen LogP contribution >= 0.6 is 0 Å². The van der Waals surface area contributed by atoms with E-state index in [9.17, 15) is 0 Å². The molecule has 0 radical (unpaired) electrons. The summed E-state index contributed by atoms with van der Waals surface area (Å²) in [5.74, 6) is 1.06. The summed E-state index contributed by atoms with van der Waals surface area (Å²) in [6, 6.07) is 0. The molecule has 76 valence electrons. The third-order valence-electron chi connectivity index (χ3n) is 4.14. The van der Waals surface area contributed by atoms with Crippen molar-refractivity contribution in [2.75, 3.05) is 13.6 Å². The van der Waals surface area contributed by atoms with Gasteiger partial charge in [-0.3, -0.25) is 0 Å². The molecule has 0 aromatic carbocycles. The van der Waals surface area contributed by atoms with Crippen LogP contribution in [0, 0.1) is 11.3 Å². The monoisotopic (exact) mass is 181 g/mol. The summed E-state index contributed by atoms with van der Waals surface area (Å²) in [6.45, 7) is 1.28. The first-order valence-corrected chi connectivity index (χ1v) is 6.02. The normalized spacial score (nSPS) is 28.4. The Morgan fingerprint density at radius 1 is 1.08 bits per heavy atom. The van der Waals surface area contributed by atoms with Gasteiger partial charge in [0.25, 0.3) is 0 Å². The Labute approximate surface area is 82.3 Å². The number of hydrogen-bond acceptors (Lipinski definition) is 1. The predicted molar refractivity (Wildman–Crippen MR) is 56.8 cm³/mol. The molecular weight excluding hydrogens is 158 g/mol. The summed E-state index contributed by atoms with van der Waals surface area (Å²) in [4.78, 5) is 0. The van der Waals surface area contributed by atoms with Crippen molar-refractivity contribution < 1.29 is 0 Å². The first kappa shape index (κ1) is 9.51. The van der Waals surface area contributed by atoms with Crippen molar-refractivity contribution in [1.82, 2.24) is 5.32 Å². The van der Waals surface area contributed by atoms with E-state index in [0.717, 1.165) is 11.3 Å². The lowest BCUT2D eigenvalue weighted by molar-refractivity contribution is 0.268. The quantitative estimate of drug-likeness (QED) is 0.660. The molecule has 2 aliphatic rings. The minimum atomic E-state index is 0.749. The summed E-state index contributed by atoms with van der Waals surface area (Å²) < 4.78 is 0. The maximum atomic E-state index is 3.39. The van der Waals surface area contributed by atoms with Gasteiger partial charge in [0.2, 0.25) is 0 Å². The molecule has 0 aromatic rings. The van der Waals surface area contributed by atoms with E-state index in [1.54, 1.807) is 0 Å². The van der Waals surface area contributed by atoms with E-state index in [1.807, 2.05) is 0 Å². The zero-order valence-electron chi connectivity index (χ0n) is 8.94. The first-order chi connectivity index (χ1) is 6.37. The standard InChI is InChI=1S/C12H23N/c1-13-10-12(8-9-12)11-6-4-2-3-5-7-11/h11,13H,2-10H2,1H3. The smallest absolute Gasteiger partial charge is 0.000747 e. The molecule has 0 aliphatic heterocycles. The van der Waals surface area contributed by atoms with E-state index in [-0.39, 0.29) is 0 Å². The second-order valence-electron chi connectivity index (χ2n) is 5.08. The fraction of sp³-hybridized carbons (Fsp3) is 1.00. The lowest BCUT2D eigenvalue weighted by Gasteiger charge is -2.25. The molecule has 13 heavy (non-hydrogen) atoms. The van der Waals surface area contributed by atoms with Crippen molar-refractivity contribution in [3.63, 3.8) is 0 Å². The molecule has 2 aliphatic carbocycles. The van der Waals surface area contributed by atoms with Crippen LogP contribution < -0.4 is 5.32 Å². The Morgan fingerprint density at radius 3 is 2.15 bits per heavy atom. The van der Waals surface area contributed by atoms with Crippen LogP contribution in [-0.4, -0.2) is 13.6 Å². The average Bonchev–Trinajstić information content (AvgIpc) is 2.87. The number of hydrogen-bond donors (Lipinski definition) is 1. The predicted octanol–water partition coefficient (Wildman–Crippen LogP) is 2.96.